The van der Waals surface area contributed by atoms with Gasteiger partial charge >= 0.3 is 0 Å². The van der Waals surface area contributed by atoms with Gasteiger partial charge in [-0.15, -0.1) is 0 Å². The molecule has 0 saturated heterocycles. The standard InChI is InChI=1S/C23H23N5O3S/c1-14-7-8-16(11-15(14)2)18-12-24-22(31-18)10-9-20(29)27-28-21(30)13-25-23-26-17-5-3-4-6-19(17)32-23/h3-8,11-12H,9-10,13H2,1-2H3,(H,25,26)(H,27,29)(H,28,30). The first-order valence-corrected chi connectivity index (χ1v) is 11.0. The van der Waals surface area contributed by atoms with Crippen molar-refractivity contribution in [3.8, 4) is 11.3 Å². The summed E-state index contributed by atoms with van der Waals surface area (Å²) in [4.78, 5) is 32.7. The summed E-state index contributed by atoms with van der Waals surface area (Å²) in [6, 6.07) is 13.8. The van der Waals surface area contributed by atoms with Crippen LogP contribution in [0.5, 0.6) is 0 Å². The van der Waals surface area contributed by atoms with E-state index in [1.54, 1.807) is 6.20 Å². The number of oxazole rings is 1. The maximum Gasteiger partial charge on any atom is 0.257 e. The van der Waals surface area contributed by atoms with Crippen molar-refractivity contribution in [2.24, 2.45) is 0 Å². The number of hydrazine groups is 1. The molecule has 32 heavy (non-hydrogen) atoms. The van der Waals surface area contributed by atoms with Crippen LogP contribution in [-0.4, -0.2) is 28.3 Å². The number of hydrogen-bond acceptors (Lipinski definition) is 7. The Kier molecular flexibility index (Phi) is 6.46. The molecular weight excluding hydrogens is 426 g/mol. The van der Waals surface area contributed by atoms with Gasteiger partial charge in [0.15, 0.2) is 16.8 Å². The summed E-state index contributed by atoms with van der Waals surface area (Å²) in [5.41, 5.74) is 9.00. The number of rotatable bonds is 7. The summed E-state index contributed by atoms with van der Waals surface area (Å²) in [6.07, 6.45) is 2.13. The van der Waals surface area contributed by atoms with Crippen molar-refractivity contribution in [2.75, 3.05) is 11.9 Å². The van der Waals surface area contributed by atoms with Crippen LogP contribution in [-0.2, 0) is 16.0 Å². The number of nitrogens with zero attached hydrogens (tertiary/aromatic N) is 2. The molecule has 0 spiro atoms. The van der Waals surface area contributed by atoms with Crippen molar-refractivity contribution in [3.05, 3.63) is 65.7 Å². The highest BCUT2D eigenvalue weighted by molar-refractivity contribution is 7.22. The second-order valence-electron chi connectivity index (χ2n) is 7.35. The van der Waals surface area contributed by atoms with Crippen LogP contribution in [0.4, 0.5) is 5.13 Å². The molecule has 2 heterocycles. The van der Waals surface area contributed by atoms with Gasteiger partial charge in [-0.2, -0.15) is 0 Å². The van der Waals surface area contributed by atoms with Crippen LogP contribution in [0.1, 0.15) is 23.4 Å². The van der Waals surface area contributed by atoms with Gasteiger partial charge in [0.1, 0.15) is 0 Å². The smallest absolute Gasteiger partial charge is 0.257 e. The Labute approximate surface area is 189 Å². The molecule has 0 fully saturated rings. The van der Waals surface area contributed by atoms with E-state index in [1.807, 2.05) is 49.4 Å². The Balaban J connectivity index is 1.20. The summed E-state index contributed by atoms with van der Waals surface area (Å²) in [7, 11) is 0. The minimum atomic E-state index is -0.370. The van der Waals surface area contributed by atoms with E-state index < -0.39 is 0 Å². The minimum absolute atomic E-state index is 0.000825. The zero-order chi connectivity index (χ0) is 22.5. The average Bonchev–Trinajstić information content (AvgIpc) is 3.43. The second kappa shape index (κ2) is 9.61. The summed E-state index contributed by atoms with van der Waals surface area (Å²) >= 11 is 1.46. The van der Waals surface area contributed by atoms with Crippen molar-refractivity contribution < 1.29 is 14.0 Å². The Bertz CT molecular complexity index is 1230. The lowest BCUT2D eigenvalue weighted by molar-refractivity contribution is -0.128. The first-order chi connectivity index (χ1) is 15.5. The number of aromatic nitrogens is 2. The molecule has 0 atom stereocenters. The van der Waals surface area contributed by atoms with Gasteiger partial charge in [0, 0.05) is 18.4 Å². The van der Waals surface area contributed by atoms with Gasteiger partial charge in [0.05, 0.1) is 23.0 Å². The number of thiazole rings is 1. The Hall–Kier alpha value is -3.72. The van der Waals surface area contributed by atoms with Crippen molar-refractivity contribution in [1.29, 1.82) is 0 Å². The molecule has 3 N–H and O–H groups in total. The van der Waals surface area contributed by atoms with Crippen LogP contribution >= 0.6 is 11.3 Å². The molecule has 0 aliphatic rings. The molecule has 2 aromatic carbocycles. The molecule has 8 nitrogen and oxygen atoms in total. The molecule has 9 heteroatoms. The molecule has 0 radical (unpaired) electrons. The Morgan fingerprint density at radius 1 is 1.03 bits per heavy atom. The van der Waals surface area contributed by atoms with Gasteiger partial charge in [0.2, 0.25) is 5.91 Å². The van der Waals surface area contributed by atoms with Crippen molar-refractivity contribution in [2.45, 2.75) is 26.7 Å². The third-order valence-electron chi connectivity index (χ3n) is 4.95. The normalized spacial score (nSPS) is 10.8. The van der Waals surface area contributed by atoms with Crippen molar-refractivity contribution in [3.63, 3.8) is 0 Å². The van der Waals surface area contributed by atoms with E-state index in [2.05, 4.69) is 33.1 Å². The van der Waals surface area contributed by atoms with Crippen LogP contribution in [0.15, 0.2) is 53.1 Å². The van der Waals surface area contributed by atoms with Crippen LogP contribution < -0.4 is 16.2 Å². The van der Waals surface area contributed by atoms with E-state index in [9.17, 15) is 9.59 Å². The predicted octanol–water partition coefficient (Wildman–Crippen LogP) is 3.76. The quantitative estimate of drug-likeness (QED) is 0.371. The van der Waals surface area contributed by atoms with Gasteiger partial charge in [-0.05, 0) is 43.2 Å². The van der Waals surface area contributed by atoms with Crippen molar-refractivity contribution >= 4 is 38.5 Å². The first kappa shape index (κ1) is 21.5. The monoisotopic (exact) mass is 449 g/mol. The number of carbonyl (C=O) groups excluding carboxylic acids is 2. The molecule has 164 valence electrons. The number of amides is 2. The summed E-state index contributed by atoms with van der Waals surface area (Å²) < 4.78 is 6.80. The van der Waals surface area contributed by atoms with E-state index in [1.165, 1.54) is 22.5 Å². The summed E-state index contributed by atoms with van der Waals surface area (Å²) in [5, 5.41) is 3.61. The molecule has 0 bridgehead atoms. The molecule has 2 aromatic heterocycles. The number of nitrogens with one attached hydrogen (secondary N) is 3. The summed E-state index contributed by atoms with van der Waals surface area (Å²) in [6.45, 7) is 4.10. The van der Waals surface area contributed by atoms with Crippen LogP contribution in [0.3, 0.4) is 0 Å². The molecule has 2 amide bonds. The molecule has 0 aliphatic carbocycles. The fourth-order valence-electron chi connectivity index (χ4n) is 3.02. The summed E-state index contributed by atoms with van der Waals surface area (Å²) in [5.74, 6) is 0.435. The maximum absolute atomic E-state index is 12.0. The molecular formula is C23H23N5O3S. The van der Waals surface area contributed by atoms with E-state index in [0.717, 1.165) is 15.8 Å². The fourth-order valence-corrected chi connectivity index (χ4v) is 3.89. The highest BCUT2D eigenvalue weighted by Crippen LogP contribution is 2.25. The first-order valence-electron chi connectivity index (χ1n) is 10.2. The van der Waals surface area contributed by atoms with E-state index in [4.69, 9.17) is 4.42 Å². The van der Waals surface area contributed by atoms with Gasteiger partial charge < -0.3 is 9.73 Å². The van der Waals surface area contributed by atoms with Crippen LogP contribution in [0.2, 0.25) is 0 Å². The lowest BCUT2D eigenvalue weighted by atomic mass is 10.1. The second-order valence-corrected chi connectivity index (χ2v) is 8.38. The number of fused-ring (bicyclic) bond motifs is 1. The highest BCUT2D eigenvalue weighted by Gasteiger charge is 2.11. The zero-order valence-corrected chi connectivity index (χ0v) is 18.6. The highest BCUT2D eigenvalue weighted by atomic mass is 32.1. The number of para-hydroxylation sites is 1. The third kappa shape index (κ3) is 5.30. The third-order valence-corrected chi connectivity index (χ3v) is 5.94. The lowest BCUT2D eigenvalue weighted by Crippen LogP contribution is -2.44. The Morgan fingerprint density at radius 2 is 1.84 bits per heavy atom. The van der Waals surface area contributed by atoms with Gasteiger partial charge in [-0.3, -0.25) is 20.4 Å². The zero-order valence-electron chi connectivity index (χ0n) is 17.8. The van der Waals surface area contributed by atoms with E-state index in [-0.39, 0.29) is 24.8 Å². The van der Waals surface area contributed by atoms with Gasteiger partial charge in [-0.1, -0.05) is 35.6 Å². The number of anilines is 1. The SMILES string of the molecule is Cc1ccc(-c2cnc(CCC(=O)NNC(=O)CNc3nc4ccccc4s3)o2)cc1C. The lowest BCUT2D eigenvalue weighted by Gasteiger charge is -2.07. The average molecular weight is 450 g/mol. The Morgan fingerprint density at radius 3 is 2.66 bits per heavy atom. The van der Waals surface area contributed by atoms with Crippen molar-refractivity contribution in [1.82, 2.24) is 20.8 Å². The van der Waals surface area contributed by atoms with Gasteiger partial charge in [0.25, 0.3) is 5.91 Å². The molecule has 4 rings (SSSR count). The minimum Gasteiger partial charge on any atom is -0.441 e. The molecule has 0 saturated carbocycles. The number of aryl methyl sites for hydroxylation is 3. The van der Waals surface area contributed by atoms with Crippen LogP contribution in [0.25, 0.3) is 21.5 Å². The molecule has 0 aliphatic heterocycles. The van der Waals surface area contributed by atoms with Crippen LogP contribution in [0, 0.1) is 13.8 Å². The molecule has 0 unspecified atom stereocenters. The number of carbonyl (C=O) groups is 2. The molecule has 4 aromatic rings. The van der Waals surface area contributed by atoms with E-state index >= 15 is 0 Å². The number of benzene rings is 2. The largest absolute Gasteiger partial charge is 0.441 e. The predicted molar refractivity (Wildman–Crippen MR) is 124 cm³/mol. The van der Waals surface area contributed by atoms with Gasteiger partial charge in [-0.25, -0.2) is 9.97 Å². The topological polar surface area (TPSA) is 109 Å². The maximum atomic E-state index is 12.0. The fraction of sp³-hybridized carbons (Fsp3) is 0.217. The van der Waals surface area contributed by atoms with E-state index in [0.29, 0.717) is 23.2 Å². The number of hydrogen-bond donors (Lipinski definition) is 3.